The van der Waals surface area contributed by atoms with Crippen molar-refractivity contribution in [1.82, 2.24) is 9.97 Å². The quantitative estimate of drug-likeness (QED) is 0.723. The van der Waals surface area contributed by atoms with Crippen molar-refractivity contribution in [2.75, 3.05) is 5.73 Å². The minimum absolute atomic E-state index is 0.468. The molecule has 0 bridgehead atoms. The second-order valence-corrected chi connectivity index (χ2v) is 4.42. The average Bonchev–Trinajstić information content (AvgIpc) is 2.42. The highest BCUT2D eigenvalue weighted by atomic mass is 35.5. The fourth-order valence-corrected chi connectivity index (χ4v) is 1.96. The van der Waals surface area contributed by atoms with E-state index in [9.17, 15) is 0 Å². The lowest BCUT2D eigenvalue weighted by molar-refractivity contribution is 0.470. The van der Waals surface area contributed by atoms with Crippen LogP contribution in [0.5, 0.6) is 11.6 Å². The van der Waals surface area contributed by atoms with Crippen LogP contribution >= 0.6 is 11.6 Å². The smallest absolute Gasteiger partial charge is 0.230 e. The summed E-state index contributed by atoms with van der Waals surface area (Å²) in [4.78, 5) is 8.32. The van der Waals surface area contributed by atoms with Crippen molar-refractivity contribution in [2.45, 2.75) is 0 Å². The zero-order valence-corrected chi connectivity index (χ0v) is 10.6. The molecule has 2 N–H and O–H groups in total. The van der Waals surface area contributed by atoms with Crippen LogP contribution in [0.2, 0.25) is 5.02 Å². The van der Waals surface area contributed by atoms with E-state index in [2.05, 4.69) is 9.97 Å². The molecule has 5 heteroatoms. The Labute approximate surface area is 114 Å². The van der Waals surface area contributed by atoms with Crippen LogP contribution in [0.1, 0.15) is 0 Å². The molecule has 1 aromatic heterocycles. The van der Waals surface area contributed by atoms with E-state index in [1.54, 1.807) is 18.2 Å². The molecule has 19 heavy (non-hydrogen) atoms. The number of ether oxygens (including phenoxy) is 1. The van der Waals surface area contributed by atoms with Gasteiger partial charge in [0.15, 0.2) is 5.75 Å². The third-order valence-electron chi connectivity index (χ3n) is 2.68. The summed E-state index contributed by atoms with van der Waals surface area (Å²) in [7, 11) is 0. The molecule has 0 aliphatic carbocycles. The lowest BCUT2D eigenvalue weighted by Gasteiger charge is -2.09. The molecular weight excluding hydrogens is 262 g/mol. The summed E-state index contributed by atoms with van der Waals surface area (Å²) in [6.45, 7) is 0. The molecule has 0 atom stereocenters. The summed E-state index contributed by atoms with van der Waals surface area (Å²) in [6, 6.07) is 12.7. The Morgan fingerprint density at radius 3 is 2.74 bits per heavy atom. The highest BCUT2D eigenvalue weighted by molar-refractivity contribution is 6.30. The van der Waals surface area contributed by atoms with Gasteiger partial charge in [0.25, 0.3) is 0 Å². The Morgan fingerprint density at radius 2 is 1.89 bits per heavy atom. The standard InChI is InChI=1S/C14H10ClN3O/c15-9-5-6-13(11(16)7-9)19-14-10-3-1-2-4-12(10)17-8-18-14/h1-8H,16H2. The fraction of sp³-hybridized carbons (Fsp3) is 0. The van der Waals surface area contributed by atoms with Gasteiger partial charge in [0, 0.05) is 5.02 Å². The Hall–Kier alpha value is -2.33. The molecule has 0 saturated heterocycles. The maximum atomic E-state index is 5.86. The minimum atomic E-state index is 0.468. The average molecular weight is 272 g/mol. The first kappa shape index (κ1) is 11.7. The number of aromatic nitrogens is 2. The molecule has 0 aliphatic rings. The zero-order valence-electron chi connectivity index (χ0n) is 9.88. The van der Waals surface area contributed by atoms with Gasteiger partial charge in [-0.15, -0.1) is 0 Å². The number of halogens is 1. The van der Waals surface area contributed by atoms with Crippen LogP contribution in [0, 0.1) is 0 Å². The number of rotatable bonds is 2. The van der Waals surface area contributed by atoms with Crippen LogP contribution in [-0.2, 0) is 0 Å². The summed E-state index contributed by atoms with van der Waals surface area (Å²) in [6.07, 6.45) is 1.46. The van der Waals surface area contributed by atoms with Crippen LogP contribution in [0.3, 0.4) is 0 Å². The van der Waals surface area contributed by atoms with Crippen molar-refractivity contribution in [3.63, 3.8) is 0 Å². The van der Waals surface area contributed by atoms with Crippen LogP contribution in [0.15, 0.2) is 48.8 Å². The highest BCUT2D eigenvalue weighted by Gasteiger charge is 2.08. The number of hydrogen-bond donors (Lipinski definition) is 1. The minimum Gasteiger partial charge on any atom is -0.436 e. The number of fused-ring (bicyclic) bond motifs is 1. The van der Waals surface area contributed by atoms with Crippen LogP contribution in [0.25, 0.3) is 10.9 Å². The highest BCUT2D eigenvalue weighted by Crippen LogP contribution is 2.31. The van der Waals surface area contributed by atoms with Gasteiger partial charge in [-0.1, -0.05) is 23.7 Å². The third-order valence-corrected chi connectivity index (χ3v) is 2.92. The number of para-hydroxylation sites is 1. The number of nitrogen functional groups attached to an aromatic ring is 1. The first-order valence-electron chi connectivity index (χ1n) is 5.66. The maximum Gasteiger partial charge on any atom is 0.230 e. The molecule has 0 saturated carbocycles. The second kappa shape index (κ2) is 4.74. The van der Waals surface area contributed by atoms with Gasteiger partial charge in [-0.05, 0) is 30.3 Å². The van der Waals surface area contributed by atoms with E-state index in [4.69, 9.17) is 22.1 Å². The van der Waals surface area contributed by atoms with E-state index in [1.165, 1.54) is 6.33 Å². The predicted octanol–water partition coefficient (Wildman–Crippen LogP) is 3.66. The Kier molecular flexibility index (Phi) is 2.93. The van der Waals surface area contributed by atoms with E-state index in [1.807, 2.05) is 24.3 Å². The molecule has 3 aromatic rings. The molecule has 2 aromatic carbocycles. The molecular formula is C14H10ClN3O. The van der Waals surface area contributed by atoms with Gasteiger partial charge in [0.05, 0.1) is 16.6 Å². The molecule has 4 nitrogen and oxygen atoms in total. The van der Waals surface area contributed by atoms with Gasteiger partial charge < -0.3 is 10.5 Å². The normalized spacial score (nSPS) is 10.6. The molecule has 0 aliphatic heterocycles. The van der Waals surface area contributed by atoms with Crippen LogP contribution < -0.4 is 10.5 Å². The van der Waals surface area contributed by atoms with Crippen molar-refractivity contribution < 1.29 is 4.74 Å². The summed E-state index contributed by atoms with van der Waals surface area (Å²) in [5, 5.41) is 1.40. The molecule has 0 spiro atoms. The second-order valence-electron chi connectivity index (χ2n) is 3.98. The van der Waals surface area contributed by atoms with Gasteiger partial charge >= 0.3 is 0 Å². The number of hydrogen-bond acceptors (Lipinski definition) is 4. The van der Waals surface area contributed by atoms with Crippen LogP contribution in [0.4, 0.5) is 5.69 Å². The number of nitrogens with zero attached hydrogens (tertiary/aromatic N) is 2. The lowest BCUT2D eigenvalue weighted by Crippen LogP contribution is -1.95. The van der Waals surface area contributed by atoms with E-state index in [0.717, 1.165) is 10.9 Å². The van der Waals surface area contributed by atoms with Crippen molar-refractivity contribution in [1.29, 1.82) is 0 Å². The fourth-order valence-electron chi connectivity index (χ4n) is 1.78. The molecule has 0 fully saturated rings. The van der Waals surface area contributed by atoms with Crippen molar-refractivity contribution >= 4 is 28.2 Å². The van der Waals surface area contributed by atoms with E-state index in [0.29, 0.717) is 22.3 Å². The Balaban J connectivity index is 2.06. The van der Waals surface area contributed by atoms with Crippen molar-refractivity contribution in [2.24, 2.45) is 0 Å². The Morgan fingerprint density at radius 1 is 1.05 bits per heavy atom. The summed E-state index contributed by atoms with van der Waals surface area (Å²) < 4.78 is 5.74. The molecule has 0 amide bonds. The summed E-state index contributed by atoms with van der Waals surface area (Å²) in [5.74, 6) is 0.993. The number of anilines is 1. The van der Waals surface area contributed by atoms with E-state index in [-0.39, 0.29) is 0 Å². The number of benzene rings is 2. The Bertz CT molecular complexity index is 740. The van der Waals surface area contributed by atoms with Crippen molar-refractivity contribution in [3.8, 4) is 11.6 Å². The lowest BCUT2D eigenvalue weighted by atomic mass is 10.2. The summed E-state index contributed by atoms with van der Waals surface area (Å²) in [5.41, 5.74) is 7.15. The first-order chi connectivity index (χ1) is 9.24. The van der Waals surface area contributed by atoms with Crippen molar-refractivity contribution in [3.05, 3.63) is 53.8 Å². The molecule has 1 heterocycles. The van der Waals surface area contributed by atoms with Gasteiger partial charge in [0.1, 0.15) is 6.33 Å². The molecule has 0 unspecified atom stereocenters. The van der Waals surface area contributed by atoms with E-state index >= 15 is 0 Å². The zero-order chi connectivity index (χ0) is 13.2. The molecule has 94 valence electrons. The summed E-state index contributed by atoms with van der Waals surface area (Å²) >= 11 is 5.85. The van der Waals surface area contributed by atoms with Gasteiger partial charge in [-0.2, -0.15) is 0 Å². The van der Waals surface area contributed by atoms with Gasteiger partial charge in [0.2, 0.25) is 5.88 Å². The van der Waals surface area contributed by atoms with Gasteiger partial charge in [-0.3, -0.25) is 0 Å². The van der Waals surface area contributed by atoms with Crippen LogP contribution in [-0.4, -0.2) is 9.97 Å². The topological polar surface area (TPSA) is 61.0 Å². The largest absolute Gasteiger partial charge is 0.436 e. The molecule has 3 rings (SSSR count). The number of nitrogens with two attached hydrogens (primary N) is 1. The SMILES string of the molecule is Nc1cc(Cl)ccc1Oc1ncnc2ccccc12. The monoisotopic (exact) mass is 271 g/mol. The third kappa shape index (κ3) is 2.30. The van der Waals surface area contributed by atoms with E-state index < -0.39 is 0 Å². The first-order valence-corrected chi connectivity index (χ1v) is 6.04. The molecule has 0 radical (unpaired) electrons. The maximum absolute atomic E-state index is 5.86. The van der Waals surface area contributed by atoms with Gasteiger partial charge in [-0.25, -0.2) is 9.97 Å². The predicted molar refractivity (Wildman–Crippen MR) is 75.5 cm³/mol.